The van der Waals surface area contributed by atoms with Gasteiger partial charge in [-0.25, -0.2) is 0 Å². The van der Waals surface area contributed by atoms with E-state index >= 15 is 0 Å². The van der Waals surface area contributed by atoms with Crippen LogP contribution in [0.5, 0.6) is 0 Å². The second kappa shape index (κ2) is 11.5. The molecule has 0 aliphatic carbocycles. The second-order valence-corrected chi connectivity index (χ2v) is 10.0. The van der Waals surface area contributed by atoms with Crippen LogP contribution in [0.2, 0.25) is 0 Å². The van der Waals surface area contributed by atoms with Crippen molar-refractivity contribution < 1.29 is 0 Å². The third-order valence-corrected chi connectivity index (χ3v) is 7.29. The highest BCUT2D eigenvalue weighted by molar-refractivity contribution is 6.32. The quantitative estimate of drug-likeness (QED) is 0.119. The fraction of sp³-hybridized carbons (Fsp3) is 0.0256. The molecule has 0 saturated carbocycles. The molecule has 188 valence electrons. The molecule has 6 rings (SSSR count). The smallest absolute Gasteiger partial charge is 0.0966 e. The summed E-state index contributed by atoms with van der Waals surface area (Å²) >= 11 is 0. The lowest BCUT2D eigenvalue weighted by molar-refractivity contribution is 1.60. The summed E-state index contributed by atoms with van der Waals surface area (Å²) in [7, 11) is 5.85. The van der Waals surface area contributed by atoms with Crippen molar-refractivity contribution in [1.82, 2.24) is 0 Å². The SMILES string of the molecule is [B]c1ccc(/C=C/c2cccc(-c3cc(/C=C\C=C/C)c(-c4ccc5ccccc5c4)c4ccccc34)c2)cc1. The maximum absolute atomic E-state index is 5.85. The van der Waals surface area contributed by atoms with Gasteiger partial charge in [-0.15, -0.1) is 0 Å². The van der Waals surface area contributed by atoms with E-state index in [1.807, 2.05) is 31.2 Å². The molecule has 6 aromatic carbocycles. The summed E-state index contributed by atoms with van der Waals surface area (Å²) in [5.41, 5.74) is 9.16. The molecule has 2 radical (unpaired) electrons. The van der Waals surface area contributed by atoms with Gasteiger partial charge < -0.3 is 0 Å². The summed E-state index contributed by atoms with van der Waals surface area (Å²) in [5, 5.41) is 4.99. The topological polar surface area (TPSA) is 0 Å². The molecule has 0 amide bonds. The molecule has 0 spiro atoms. The minimum Gasteiger partial charge on any atom is -0.0966 e. The first-order valence-electron chi connectivity index (χ1n) is 13.7. The largest absolute Gasteiger partial charge is 0.113 e. The Labute approximate surface area is 238 Å². The normalized spacial score (nSPS) is 11.9. The molecule has 40 heavy (non-hydrogen) atoms. The molecule has 0 aliphatic heterocycles. The van der Waals surface area contributed by atoms with Crippen molar-refractivity contribution in [1.29, 1.82) is 0 Å². The molecular formula is C39H29B. The average molecular weight is 508 g/mol. The first-order chi connectivity index (χ1) is 19.7. The average Bonchev–Trinajstić information content (AvgIpc) is 3.00. The van der Waals surface area contributed by atoms with E-state index in [0.717, 1.165) is 16.6 Å². The molecule has 0 heterocycles. The lowest BCUT2D eigenvalue weighted by atomic mass is 9.87. The highest BCUT2D eigenvalue weighted by Crippen LogP contribution is 2.40. The Kier molecular flexibility index (Phi) is 7.29. The van der Waals surface area contributed by atoms with Crippen molar-refractivity contribution in [3.63, 3.8) is 0 Å². The molecule has 0 unspecified atom stereocenters. The van der Waals surface area contributed by atoms with Gasteiger partial charge in [-0.1, -0.05) is 145 Å². The van der Waals surface area contributed by atoms with Gasteiger partial charge >= 0.3 is 0 Å². The van der Waals surface area contributed by atoms with Gasteiger partial charge in [0.25, 0.3) is 0 Å². The number of benzene rings is 6. The van der Waals surface area contributed by atoms with E-state index in [1.165, 1.54) is 49.4 Å². The number of rotatable bonds is 6. The molecule has 0 saturated heterocycles. The Balaban J connectivity index is 1.52. The molecule has 0 N–H and O–H groups in total. The summed E-state index contributed by atoms with van der Waals surface area (Å²) < 4.78 is 0. The summed E-state index contributed by atoms with van der Waals surface area (Å²) in [6.45, 7) is 2.05. The van der Waals surface area contributed by atoms with Gasteiger partial charge in [0.15, 0.2) is 0 Å². The maximum atomic E-state index is 5.85. The van der Waals surface area contributed by atoms with Gasteiger partial charge in [-0.3, -0.25) is 0 Å². The first kappa shape index (κ1) is 25.4. The van der Waals surface area contributed by atoms with Crippen LogP contribution in [0.15, 0.2) is 140 Å². The Bertz CT molecular complexity index is 1900. The Morgan fingerprint density at radius 2 is 1.27 bits per heavy atom. The number of fused-ring (bicyclic) bond motifs is 2. The van der Waals surface area contributed by atoms with E-state index in [-0.39, 0.29) is 0 Å². The number of hydrogen-bond acceptors (Lipinski definition) is 0. The molecule has 0 fully saturated rings. The van der Waals surface area contributed by atoms with E-state index in [0.29, 0.717) is 0 Å². The van der Waals surface area contributed by atoms with Crippen LogP contribution in [0, 0.1) is 0 Å². The third kappa shape index (κ3) is 5.32. The maximum Gasteiger partial charge on any atom is 0.113 e. The van der Waals surface area contributed by atoms with Gasteiger partial charge in [-0.05, 0) is 85.6 Å². The Morgan fingerprint density at radius 3 is 2.10 bits per heavy atom. The van der Waals surface area contributed by atoms with Crippen LogP contribution in [-0.2, 0) is 0 Å². The van der Waals surface area contributed by atoms with Crippen molar-refractivity contribution in [2.45, 2.75) is 6.92 Å². The van der Waals surface area contributed by atoms with Crippen molar-refractivity contribution in [2.24, 2.45) is 0 Å². The predicted octanol–water partition coefficient (Wildman–Crippen LogP) is 9.88. The van der Waals surface area contributed by atoms with Crippen LogP contribution in [0.4, 0.5) is 0 Å². The van der Waals surface area contributed by atoms with Gasteiger partial charge in [0, 0.05) is 0 Å². The van der Waals surface area contributed by atoms with Gasteiger partial charge in [-0.2, -0.15) is 0 Å². The van der Waals surface area contributed by atoms with E-state index in [9.17, 15) is 0 Å². The van der Waals surface area contributed by atoms with E-state index in [1.54, 1.807) is 0 Å². The van der Waals surface area contributed by atoms with E-state index < -0.39 is 0 Å². The molecule has 0 aromatic heterocycles. The highest BCUT2D eigenvalue weighted by Gasteiger charge is 2.14. The lowest BCUT2D eigenvalue weighted by Gasteiger charge is -2.17. The standard InChI is InChI=1S/C39H29B/c1-2-3-4-13-33-27-38(32-14-9-10-29(25-32)18-17-28-19-23-35(40)24-20-28)36-15-7-8-16-37(36)39(33)34-22-21-30-11-5-6-12-31(30)26-34/h2-27H,1H3/b3-2-,13-4-,18-17+. The summed E-state index contributed by atoms with van der Waals surface area (Å²) in [4.78, 5) is 0. The first-order valence-corrected chi connectivity index (χ1v) is 13.7. The summed E-state index contributed by atoms with van der Waals surface area (Å²) in [6, 6.07) is 43.2. The van der Waals surface area contributed by atoms with E-state index in [2.05, 4.69) is 134 Å². The zero-order chi connectivity index (χ0) is 27.3. The molecule has 6 aromatic rings. The van der Waals surface area contributed by atoms with Crippen LogP contribution < -0.4 is 5.46 Å². The van der Waals surface area contributed by atoms with Crippen LogP contribution in [0.25, 0.3) is 62.0 Å². The molecule has 1 heteroatoms. The van der Waals surface area contributed by atoms with Crippen molar-refractivity contribution in [3.05, 3.63) is 156 Å². The third-order valence-electron chi connectivity index (χ3n) is 7.29. The fourth-order valence-corrected chi connectivity index (χ4v) is 5.31. The Hall–Kier alpha value is -4.88. The lowest BCUT2D eigenvalue weighted by Crippen LogP contribution is -1.98. The zero-order valence-electron chi connectivity index (χ0n) is 22.6. The molecule has 0 atom stereocenters. The minimum absolute atomic E-state index is 0.775. The number of allylic oxidation sites excluding steroid dienone is 3. The number of hydrogen-bond donors (Lipinski definition) is 0. The van der Waals surface area contributed by atoms with Crippen LogP contribution >= 0.6 is 0 Å². The van der Waals surface area contributed by atoms with Gasteiger partial charge in [0.05, 0.1) is 0 Å². The van der Waals surface area contributed by atoms with Crippen molar-refractivity contribution >= 4 is 53.1 Å². The van der Waals surface area contributed by atoms with Gasteiger partial charge in [0.2, 0.25) is 0 Å². The van der Waals surface area contributed by atoms with Crippen molar-refractivity contribution in [2.75, 3.05) is 0 Å². The van der Waals surface area contributed by atoms with Crippen molar-refractivity contribution in [3.8, 4) is 22.3 Å². The second-order valence-electron chi connectivity index (χ2n) is 10.0. The molecule has 0 bridgehead atoms. The van der Waals surface area contributed by atoms with Crippen LogP contribution in [0.3, 0.4) is 0 Å². The van der Waals surface area contributed by atoms with Gasteiger partial charge in [0.1, 0.15) is 7.85 Å². The molecule has 0 nitrogen and oxygen atoms in total. The minimum atomic E-state index is 0.775. The Morgan fingerprint density at radius 1 is 0.525 bits per heavy atom. The zero-order valence-corrected chi connectivity index (χ0v) is 22.6. The summed E-state index contributed by atoms with van der Waals surface area (Å²) in [5.74, 6) is 0. The monoisotopic (exact) mass is 508 g/mol. The predicted molar refractivity (Wildman–Crippen MR) is 177 cm³/mol. The highest BCUT2D eigenvalue weighted by atomic mass is 14.2. The van der Waals surface area contributed by atoms with E-state index in [4.69, 9.17) is 7.85 Å². The molecular weight excluding hydrogens is 479 g/mol. The summed E-state index contributed by atoms with van der Waals surface area (Å²) in [6.07, 6.45) is 12.8. The molecule has 0 aliphatic rings. The van der Waals surface area contributed by atoms with Crippen LogP contribution in [-0.4, -0.2) is 7.85 Å². The fourth-order valence-electron chi connectivity index (χ4n) is 5.31. The van der Waals surface area contributed by atoms with Crippen LogP contribution in [0.1, 0.15) is 23.6 Å².